The van der Waals surface area contributed by atoms with Gasteiger partial charge in [-0.2, -0.15) is 43.9 Å². The van der Waals surface area contributed by atoms with E-state index in [-0.39, 0.29) is 0 Å². The number of halogens is 13. The quantitative estimate of drug-likeness (QED) is 0.512. The Morgan fingerprint density at radius 2 is 1.14 bits per heavy atom. The first-order valence-corrected chi connectivity index (χ1v) is 4.21. The normalized spacial score (nSPS) is 16.7. The Bertz CT molecular complexity index is 405. The van der Waals surface area contributed by atoms with Crippen molar-refractivity contribution in [3.05, 3.63) is 12.1 Å². The van der Waals surface area contributed by atoms with E-state index < -0.39 is 42.4 Å². The van der Waals surface area contributed by atoms with Crippen LogP contribution in [-0.4, -0.2) is 30.3 Å². The summed E-state index contributed by atoms with van der Waals surface area (Å²) in [5, 5.41) is 0. The zero-order valence-corrected chi connectivity index (χ0v) is 8.90. The average molecular weight is 348 g/mol. The minimum atomic E-state index is -7.48. The van der Waals surface area contributed by atoms with E-state index in [2.05, 4.69) is 0 Å². The summed E-state index contributed by atoms with van der Waals surface area (Å²) >= 11 is 0. The van der Waals surface area contributed by atoms with Crippen LogP contribution in [-0.2, 0) is 4.74 Å². The van der Waals surface area contributed by atoms with Crippen LogP contribution in [0.5, 0.6) is 0 Å². The Morgan fingerprint density at radius 3 is 1.38 bits per heavy atom. The van der Waals surface area contributed by atoms with Gasteiger partial charge in [0.25, 0.3) is 0 Å². The Labute approximate surface area is 106 Å². The van der Waals surface area contributed by atoms with Crippen LogP contribution in [0.2, 0.25) is 0 Å². The van der Waals surface area contributed by atoms with Crippen LogP contribution in [0.3, 0.4) is 0 Å². The molecule has 0 saturated heterocycles. The largest absolute Gasteiger partial charge is 0.450 e. The van der Waals surface area contributed by atoms with Crippen molar-refractivity contribution in [3.8, 4) is 0 Å². The topological polar surface area (TPSA) is 9.23 Å². The molecule has 0 aliphatic carbocycles. The molecule has 0 aliphatic rings. The highest BCUT2D eigenvalue weighted by Gasteiger charge is 2.87. The maximum absolute atomic E-state index is 13.1. The van der Waals surface area contributed by atoms with Crippen molar-refractivity contribution < 1.29 is 61.8 Å². The van der Waals surface area contributed by atoms with Crippen molar-refractivity contribution in [2.75, 3.05) is 0 Å². The van der Waals surface area contributed by atoms with Gasteiger partial charge < -0.3 is 4.74 Å². The second kappa shape index (κ2) is 5.44. The summed E-state index contributed by atoms with van der Waals surface area (Å²) in [4.78, 5) is 0. The van der Waals surface area contributed by atoms with Crippen LogP contribution in [0.4, 0.5) is 57.1 Å². The molecule has 0 fully saturated rings. The summed E-state index contributed by atoms with van der Waals surface area (Å²) in [5.41, 5.74) is -7.48. The third kappa shape index (κ3) is 3.12. The maximum atomic E-state index is 13.1. The monoisotopic (exact) mass is 348 g/mol. The summed E-state index contributed by atoms with van der Waals surface area (Å²) in [7, 11) is 0. The van der Waals surface area contributed by atoms with Crippen molar-refractivity contribution in [2.24, 2.45) is 0 Å². The molecule has 1 nitrogen and oxygen atoms in total. The number of hydrogen-bond acceptors (Lipinski definition) is 1. The molecule has 0 rings (SSSR count). The summed E-state index contributed by atoms with van der Waals surface area (Å²) in [6.07, 6.45) is -24.1. The standard InChI is InChI=1S/C7HF13O/c8-1(9)2(10)21-7(19,20)5(15,6(16,17)18)4(13,14)3(11)12/h3H. The van der Waals surface area contributed by atoms with Crippen molar-refractivity contribution in [3.63, 3.8) is 0 Å². The average Bonchev–Trinajstić information content (AvgIpc) is 2.24. The first kappa shape index (κ1) is 19.6. The minimum Gasteiger partial charge on any atom is -0.399 e. The first-order valence-electron chi connectivity index (χ1n) is 4.21. The van der Waals surface area contributed by atoms with E-state index >= 15 is 0 Å². The molecule has 0 amide bonds. The molecule has 0 saturated carbocycles. The lowest BCUT2D eigenvalue weighted by Crippen LogP contribution is -2.68. The molecule has 0 aromatic rings. The van der Waals surface area contributed by atoms with E-state index in [0.29, 0.717) is 0 Å². The van der Waals surface area contributed by atoms with Crippen LogP contribution in [0.15, 0.2) is 12.1 Å². The molecule has 0 N–H and O–H groups in total. The van der Waals surface area contributed by atoms with Crippen LogP contribution < -0.4 is 0 Å². The number of alkyl halides is 10. The zero-order valence-electron chi connectivity index (χ0n) is 8.90. The third-order valence-electron chi connectivity index (χ3n) is 1.89. The maximum Gasteiger partial charge on any atom is 0.450 e. The van der Waals surface area contributed by atoms with Crippen LogP contribution in [0.25, 0.3) is 0 Å². The van der Waals surface area contributed by atoms with Gasteiger partial charge in [0, 0.05) is 0 Å². The molecule has 0 spiro atoms. The molecule has 21 heavy (non-hydrogen) atoms. The fourth-order valence-corrected chi connectivity index (χ4v) is 0.920. The molecule has 14 heteroatoms. The first-order chi connectivity index (χ1) is 9.02. The van der Waals surface area contributed by atoms with Gasteiger partial charge in [-0.25, -0.2) is 13.2 Å². The molecule has 0 radical (unpaired) electrons. The van der Waals surface area contributed by atoms with Crippen LogP contribution in [0.1, 0.15) is 0 Å². The van der Waals surface area contributed by atoms with Gasteiger partial charge >= 0.3 is 42.4 Å². The highest BCUT2D eigenvalue weighted by molar-refractivity contribution is 5.08. The molecule has 0 bridgehead atoms. The van der Waals surface area contributed by atoms with E-state index in [9.17, 15) is 57.1 Å². The third-order valence-corrected chi connectivity index (χ3v) is 1.89. The van der Waals surface area contributed by atoms with Gasteiger partial charge in [0.2, 0.25) is 0 Å². The van der Waals surface area contributed by atoms with Gasteiger partial charge in [-0.15, -0.1) is 0 Å². The predicted octanol–water partition coefficient (Wildman–Crippen LogP) is 4.80. The van der Waals surface area contributed by atoms with Gasteiger partial charge in [-0.1, -0.05) is 0 Å². The SMILES string of the molecule is FC(F)=C(F)OC(F)(F)C(F)(C(F)(F)F)C(F)(F)C(F)F. The summed E-state index contributed by atoms with van der Waals surface area (Å²) in [5.74, 6) is -7.14. The molecule has 0 heterocycles. The zero-order chi connectivity index (χ0) is 17.4. The second-order valence-electron chi connectivity index (χ2n) is 3.23. The number of rotatable bonds is 5. The lowest BCUT2D eigenvalue weighted by Gasteiger charge is -2.37. The molecule has 1 atom stereocenters. The van der Waals surface area contributed by atoms with Crippen LogP contribution >= 0.6 is 0 Å². The minimum absolute atomic E-state index is 1.85. The van der Waals surface area contributed by atoms with Gasteiger partial charge in [0.1, 0.15) is 0 Å². The highest BCUT2D eigenvalue weighted by Crippen LogP contribution is 2.56. The Morgan fingerprint density at radius 1 is 0.762 bits per heavy atom. The van der Waals surface area contributed by atoms with Crippen molar-refractivity contribution in [1.82, 2.24) is 0 Å². The lowest BCUT2D eigenvalue weighted by atomic mass is 9.95. The molecule has 0 aromatic heterocycles. The summed E-state index contributed by atoms with van der Waals surface area (Å²) in [6, 6.07) is -3.85. The van der Waals surface area contributed by atoms with E-state index in [1.165, 1.54) is 0 Å². The molecular weight excluding hydrogens is 347 g/mol. The van der Waals surface area contributed by atoms with Gasteiger partial charge in [0.05, 0.1) is 0 Å². The summed E-state index contributed by atoms with van der Waals surface area (Å²) in [6.45, 7) is 0. The van der Waals surface area contributed by atoms with E-state index in [4.69, 9.17) is 0 Å². The molecule has 0 aliphatic heterocycles. The molecule has 126 valence electrons. The lowest BCUT2D eigenvalue weighted by molar-refractivity contribution is -0.435. The van der Waals surface area contributed by atoms with Crippen molar-refractivity contribution >= 4 is 0 Å². The van der Waals surface area contributed by atoms with E-state index in [0.717, 1.165) is 0 Å². The Balaban J connectivity index is 6.14. The Kier molecular flexibility index (Phi) is 5.08. The van der Waals surface area contributed by atoms with E-state index in [1.807, 2.05) is 4.74 Å². The molecule has 1 unspecified atom stereocenters. The predicted molar refractivity (Wildman–Crippen MR) is 37.2 cm³/mol. The summed E-state index contributed by atoms with van der Waals surface area (Å²) < 4.78 is 160. The second-order valence-corrected chi connectivity index (χ2v) is 3.23. The Hall–Kier alpha value is -1.37. The van der Waals surface area contributed by atoms with Gasteiger partial charge in [0.15, 0.2) is 0 Å². The molecular formula is C7HF13O. The van der Waals surface area contributed by atoms with Gasteiger partial charge in [-0.05, 0) is 0 Å². The molecule has 0 aromatic carbocycles. The van der Waals surface area contributed by atoms with Crippen LogP contribution in [0, 0.1) is 0 Å². The number of hydrogen-bond donors (Lipinski definition) is 0. The van der Waals surface area contributed by atoms with E-state index in [1.54, 1.807) is 0 Å². The highest BCUT2D eigenvalue weighted by atomic mass is 19.4. The fraction of sp³-hybridized carbons (Fsp3) is 0.714. The van der Waals surface area contributed by atoms with Crippen molar-refractivity contribution in [1.29, 1.82) is 0 Å². The van der Waals surface area contributed by atoms with Gasteiger partial charge in [-0.3, -0.25) is 0 Å². The smallest absolute Gasteiger partial charge is 0.399 e. The fourth-order valence-electron chi connectivity index (χ4n) is 0.920. The van der Waals surface area contributed by atoms with Crippen molar-refractivity contribution in [2.45, 2.75) is 30.3 Å². The number of ether oxygens (including phenoxy) is 1.